The maximum absolute atomic E-state index is 13.5. The van der Waals surface area contributed by atoms with Crippen LogP contribution in [0.3, 0.4) is 0 Å². The van der Waals surface area contributed by atoms with Gasteiger partial charge >= 0.3 is 6.03 Å². The predicted octanol–water partition coefficient (Wildman–Crippen LogP) is 1.54. The molecule has 27 heavy (non-hydrogen) atoms. The number of rotatable bonds is 5. The van der Waals surface area contributed by atoms with Crippen molar-refractivity contribution in [2.45, 2.75) is 37.8 Å². The molecule has 2 aliphatic rings. The molecule has 2 N–H and O–H groups in total. The molecular weight excluding hydrogens is 358 g/mol. The lowest BCUT2D eigenvalue weighted by molar-refractivity contribution is -0.135. The van der Waals surface area contributed by atoms with E-state index in [-0.39, 0.29) is 11.5 Å². The van der Waals surface area contributed by atoms with Crippen LogP contribution in [0.4, 0.5) is 13.6 Å². The van der Waals surface area contributed by atoms with Crippen LogP contribution in [0.1, 0.15) is 32.3 Å². The number of nitriles is 1. The molecule has 0 aromatic heterocycles. The highest BCUT2D eigenvalue weighted by Gasteiger charge is 2.50. The fourth-order valence-electron chi connectivity index (χ4n) is 3.20. The third-order valence-corrected chi connectivity index (χ3v) is 5.10. The number of carbonyl (C=O) groups excluding carboxylic acids is 3. The minimum atomic E-state index is -1.62. The van der Waals surface area contributed by atoms with Crippen molar-refractivity contribution >= 4 is 17.8 Å². The van der Waals surface area contributed by atoms with Gasteiger partial charge in [0.25, 0.3) is 5.91 Å². The SMILES string of the molecule is CC1(c2ccc(F)c(F)c2)NC(=O)N(CC(=O)NC(C)(C#N)C2CC2)C1=O. The summed E-state index contributed by atoms with van der Waals surface area (Å²) in [5.41, 5.74) is -2.62. The van der Waals surface area contributed by atoms with Gasteiger partial charge in [0.15, 0.2) is 11.6 Å². The molecule has 1 aliphatic heterocycles. The first-order valence-electron chi connectivity index (χ1n) is 8.42. The smallest absolute Gasteiger partial charge is 0.325 e. The summed E-state index contributed by atoms with van der Waals surface area (Å²) in [6.45, 7) is 2.37. The molecule has 9 heteroatoms. The minimum Gasteiger partial charge on any atom is -0.336 e. The molecule has 0 radical (unpaired) electrons. The highest BCUT2D eigenvalue weighted by atomic mass is 19.2. The molecule has 4 amide bonds. The van der Waals surface area contributed by atoms with Crippen molar-refractivity contribution in [2.24, 2.45) is 5.92 Å². The van der Waals surface area contributed by atoms with E-state index < -0.39 is 47.1 Å². The van der Waals surface area contributed by atoms with Gasteiger partial charge < -0.3 is 10.6 Å². The van der Waals surface area contributed by atoms with Crippen LogP contribution >= 0.6 is 0 Å². The molecule has 1 heterocycles. The van der Waals surface area contributed by atoms with Crippen LogP contribution < -0.4 is 10.6 Å². The summed E-state index contributed by atoms with van der Waals surface area (Å²) in [5, 5.41) is 14.3. The predicted molar refractivity (Wildman–Crippen MR) is 88.8 cm³/mol. The van der Waals surface area contributed by atoms with E-state index in [0.29, 0.717) is 4.90 Å². The molecule has 1 aliphatic carbocycles. The number of carbonyl (C=O) groups is 3. The molecule has 0 bridgehead atoms. The van der Waals surface area contributed by atoms with Crippen LogP contribution in [0, 0.1) is 28.9 Å². The second kappa shape index (κ2) is 6.30. The number of urea groups is 1. The van der Waals surface area contributed by atoms with Gasteiger partial charge in [-0.2, -0.15) is 5.26 Å². The minimum absolute atomic E-state index is 0.0435. The zero-order valence-electron chi connectivity index (χ0n) is 14.8. The molecule has 7 nitrogen and oxygen atoms in total. The maximum Gasteiger partial charge on any atom is 0.325 e. The number of hydrogen-bond donors (Lipinski definition) is 2. The number of benzene rings is 1. The largest absolute Gasteiger partial charge is 0.336 e. The zero-order valence-corrected chi connectivity index (χ0v) is 14.8. The van der Waals surface area contributed by atoms with Crippen molar-refractivity contribution in [3.05, 3.63) is 35.4 Å². The first-order valence-corrected chi connectivity index (χ1v) is 8.42. The van der Waals surface area contributed by atoms with Crippen molar-refractivity contribution in [3.8, 4) is 6.07 Å². The highest BCUT2D eigenvalue weighted by molar-refractivity contribution is 6.09. The van der Waals surface area contributed by atoms with Crippen LogP contribution in [0.15, 0.2) is 18.2 Å². The Labute approximate surface area is 154 Å². The number of imide groups is 1. The van der Waals surface area contributed by atoms with E-state index in [1.807, 2.05) is 0 Å². The van der Waals surface area contributed by atoms with Gasteiger partial charge in [-0.25, -0.2) is 13.6 Å². The highest BCUT2D eigenvalue weighted by Crippen LogP contribution is 2.39. The molecule has 3 rings (SSSR count). The molecule has 0 spiro atoms. The van der Waals surface area contributed by atoms with Crippen molar-refractivity contribution in [2.75, 3.05) is 6.54 Å². The maximum atomic E-state index is 13.5. The summed E-state index contributed by atoms with van der Waals surface area (Å²) in [7, 11) is 0. The third kappa shape index (κ3) is 3.23. The van der Waals surface area contributed by atoms with Gasteiger partial charge in [-0.05, 0) is 50.3 Å². The van der Waals surface area contributed by atoms with Gasteiger partial charge in [0.1, 0.15) is 17.6 Å². The Kier molecular flexibility index (Phi) is 4.38. The molecule has 1 saturated heterocycles. The Morgan fingerprint density at radius 2 is 2.07 bits per heavy atom. The summed E-state index contributed by atoms with van der Waals surface area (Å²) in [5.74, 6) is -3.60. The van der Waals surface area contributed by atoms with E-state index in [9.17, 15) is 28.4 Å². The Balaban J connectivity index is 1.77. The number of halogens is 2. The van der Waals surface area contributed by atoms with E-state index in [0.717, 1.165) is 25.0 Å². The number of nitrogens with zero attached hydrogens (tertiary/aromatic N) is 2. The molecule has 2 unspecified atom stereocenters. The lowest BCUT2D eigenvalue weighted by Gasteiger charge is -2.25. The summed E-state index contributed by atoms with van der Waals surface area (Å²) < 4.78 is 26.7. The van der Waals surface area contributed by atoms with Crippen LogP contribution in [0.25, 0.3) is 0 Å². The van der Waals surface area contributed by atoms with Gasteiger partial charge in [0.2, 0.25) is 5.91 Å². The second-order valence-electron chi connectivity index (χ2n) is 7.21. The van der Waals surface area contributed by atoms with E-state index in [4.69, 9.17) is 0 Å². The summed E-state index contributed by atoms with van der Waals surface area (Å²) >= 11 is 0. The van der Waals surface area contributed by atoms with Crippen molar-refractivity contribution in [3.63, 3.8) is 0 Å². The Morgan fingerprint density at radius 3 is 2.63 bits per heavy atom. The topological polar surface area (TPSA) is 102 Å². The van der Waals surface area contributed by atoms with Gasteiger partial charge in [0, 0.05) is 0 Å². The molecule has 1 aromatic rings. The lowest BCUT2D eigenvalue weighted by atomic mass is 9.92. The van der Waals surface area contributed by atoms with Gasteiger partial charge in [-0.1, -0.05) is 6.07 Å². The van der Waals surface area contributed by atoms with Gasteiger partial charge in [-0.15, -0.1) is 0 Å². The zero-order chi connectivity index (χ0) is 20.0. The normalized spacial score (nSPS) is 24.2. The third-order valence-electron chi connectivity index (χ3n) is 5.10. The van der Waals surface area contributed by atoms with Crippen molar-refractivity contribution in [1.29, 1.82) is 5.26 Å². The summed E-state index contributed by atoms with van der Waals surface area (Å²) in [6.07, 6.45) is 1.64. The quantitative estimate of drug-likeness (QED) is 0.761. The Bertz CT molecular complexity index is 880. The fourth-order valence-corrected chi connectivity index (χ4v) is 3.20. The van der Waals surface area contributed by atoms with Crippen LogP contribution in [-0.4, -0.2) is 34.8 Å². The molecule has 2 atom stereocenters. The molecule has 2 fully saturated rings. The monoisotopic (exact) mass is 376 g/mol. The number of nitrogens with one attached hydrogen (secondary N) is 2. The van der Waals surface area contributed by atoms with Crippen LogP contribution in [0.2, 0.25) is 0 Å². The second-order valence-corrected chi connectivity index (χ2v) is 7.21. The summed E-state index contributed by atoms with van der Waals surface area (Å²) in [4.78, 5) is 37.9. The van der Waals surface area contributed by atoms with Gasteiger partial charge in [-0.3, -0.25) is 14.5 Å². The van der Waals surface area contributed by atoms with Gasteiger partial charge in [0.05, 0.1) is 6.07 Å². The Hall–Kier alpha value is -3.02. The average molecular weight is 376 g/mol. The van der Waals surface area contributed by atoms with Crippen molar-refractivity contribution in [1.82, 2.24) is 15.5 Å². The molecule has 142 valence electrons. The van der Waals surface area contributed by atoms with E-state index in [1.54, 1.807) is 6.92 Å². The molecule has 1 aromatic carbocycles. The fraction of sp³-hybridized carbons (Fsp3) is 0.444. The molecular formula is C18H18F2N4O3. The van der Waals surface area contributed by atoms with Crippen LogP contribution in [-0.2, 0) is 15.1 Å². The standard InChI is InChI=1S/C18H18F2N4O3/c1-17(9-21,10-3-4-10)22-14(25)8-24-15(26)18(2,23-16(24)27)11-5-6-12(19)13(20)7-11/h5-7,10H,3-4,8H2,1-2H3,(H,22,25)(H,23,27). The van der Waals surface area contributed by atoms with E-state index in [2.05, 4.69) is 16.7 Å². The number of hydrogen-bond acceptors (Lipinski definition) is 4. The lowest BCUT2D eigenvalue weighted by Crippen LogP contribution is -2.51. The summed E-state index contributed by atoms with van der Waals surface area (Å²) in [6, 6.07) is 4.12. The first-order chi connectivity index (χ1) is 12.6. The molecule has 1 saturated carbocycles. The first kappa shape index (κ1) is 18.8. The van der Waals surface area contributed by atoms with Crippen LogP contribution in [0.5, 0.6) is 0 Å². The average Bonchev–Trinajstić information content (AvgIpc) is 3.43. The van der Waals surface area contributed by atoms with E-state index >= 15 is 0 Å². The Morgan fingerprint density at radius 1 is 1.41 bits per heavy atom. The van der Waals surface area contributed by atoms with Crippen molar-refractivity contribution < 1.29 is 23.2 Å². The number of amides is 4. The van der Waals surface area contributed by atoms with E-state index in [1.165, 1.54) is 13.0 Å².